The summed E-state index contributed by atoms with van der Waals surface area (Å²) in [6.07, 6.45) is -1.41. The lowest BCUT2D eigenvalue weighted by Gasteiger charge is -2.10. The first-order chi connectivity index (χ1) is 10.3. The average molecular weight is 382 g/mol. The van der Waals surface area contributed by atoms with Gasteiger partial charge in [-0.15, -0.1) is 0 Å². The summed E-state index contributed by atoms with van der Waals surface area (Å²) in [4.78, 5) is 11.5. The summed E-state index contributed by atoms with van der Waals surface area (Å²) in [6, 6.07) is 5.73. The van der Waals surface area contributed by atoms with Gasteiger partial charge in [-0.2, -0.15) is 0 Å². The third-order valence-corrected chi connectivity index (χ3v) is 2.99. The first-order valence-electron chi connectivity index (χ1n) is 5.57. The fraction of sp³-hybridized carbons (Fsp3) is 0. The van der Waals surface area contributed by atoms with Crippen LogP contribution in [0, 0.1) is 29.1 Å². The van der Waals surface area contributed by atoms with Crippen LogP contribution in [0.15, 0.2) is 28.7 Å². The maximum Gasteiger partial charge on any atom is 0.417 e. The highest BCUT2D eigenvalue weighted by atomic mass is 79.9. The summed E-state index contributed by atoms with van der Waals surface area (Å²) in [7, 11) is 0. The summed E-state index contributed by atoms with van der Waals surface area (Å²) in [6.45, 7) is 0. The molecule has 1 N–H and O–H groups in total. The van der Waals surface area contributed by atoms with Gasteiger partial charge in [-0.1, -0.05) is 15.9 Å². The van der Waals surface area contributed by atoms with Crippen molar-refractivity contribution in [3.63, 3.8) is 0 Å². The zero-order valence-corrected chi connectivity index (χ0v) is 12.0. The van der Waals surface area contributed by atoms with E-state index in [-0.39, 0.29) is 5.75 Å². The van der Waals surface area contributed by atoms with Crippen molar-refractivity contribution in [1.29, 1.82) is 0 Å². The first kappa shape index (κ1) is 16.2. The lowest BCUT2D eigenvalue weighted by Crippen LogP contribution is -2.20. The minimum Gasteiger partial charge on any atom is -0.410 e. The van der Waals surface area contributed by atoms with Crippen molar-refractivity contribution in [1.82, 2.24) is 0 Å². The van der Waals surface area contributed by atoms with E-state index in [1.54, 1.807) is 0 Å². The molecular weight excluding hydrogens is 377 g/mol. The molecule has 0 bridgehead atoms. The van der Waals surface area contributed by atoms with E-state index in [4.69, 9.17) is 0 Å². The molecule has 0 unspecified atom stereocenters. The number of carbonyl (C=O) groups is 1. The van der Waals surface area contributed by atoms with E-state index in [1.165, 1.54) is 29.6 Å². The Labute approximate surface area is 128 Å². The second kappa shape index (κ2) is 6.30. The smallest absolute Gasteiger partial charge is 0.410 e. The van der Waals surface area contributed by atoms with Gasteiger partial charge in [-0.05, 0) is 24.3 Å². The van der Waals surface area contributed by atoms with E-state index < -0.39 is 40.9 Å². The Bertz CT molecular complexity index is 707. The monoisotopic (exact) mass is 381 g/mol. The van der Waals surface area contributed by atoms with Crippen LogP contribution in [0.3, 0.4) is 0 Å². The Balaban J connectivity index is 2.24. The highest BCUT2D eigenvalue weighted by Gasteiger charge is 2.27. The van der Waals surface area contributed by atoms with E-state index in [2.05, 4.69) is 20.7 Å². The van der Waals surface area contributed by atoms with E-state index in [0.717, 1.165) is 0 Å². The SMILES string of the molecule is O=C(Nc1c(F)c(F)c(F)c(F)c1F)Oc1ccc(Br)cc1. The number of halogens is 6. The molecule has 0 aliphatic heterocycles. The molecule has 0 saturated heterocycles. The summed E-state index contributed by atoms with van der Waals surface area (Å²) >= 11 is 3.13. The Morgan fingerprint density at radius 1 is 0.864 bits per heavy atom. The number of hydrogen-bond donors (Lipinski definition) is 1. The molecule has 0 saturated carbocycles. The number of benzene rings is 2. The van der Waals surface area contributed by atoms with Crippen molar-refractivity contribution in [2.45, 2.75) is 0 Å². The van der Waals surface area contributed by atoms with Crippen LogP contribution in [-0.2, 0) is 0 Å². The minimum absolute atomic E-state index is 0.00423. The molecule has 0 aliphatic rings. The number of nitrogens with one attached hydrogen (secondary N) is 1. The van der Waals surface area contributed by atoms with E-state index >= 15 is 0 Å². The molecule has 0 fully saturated rings. The third-order valence-electron chi connectivity index (χ3n) is 2.46. The molecule has 2 rings (SSSR count). The number of carbonyl (C=O) groups excluding carboxylic acids is 1. The molecule has 0 radical (unpaired) electrons. The number of anilines is 1. The van der Waals surface area contributed by atoms with Gasteiger partial charge in [-0.25, -0.2) is 26.7 Å². The molecule has 0 aromatic heterocycles. The lowest BCUT2D eigenvalue weighted by atomic mass is 10.2. The van der Waals surface area contributed by atoms with Gasteiger partial charge in [0.25, 0.3) is 0 Å². The number of ether oxygens (including phenoxy) is 1. The molecule has 116 valence electrons. The van der Waals surface area contributed by atoms with Crippen LogP contribution < -0.4 is 10.1 Å². The van der Waals surface area contributed by atoms with Crippen molar-refractivity contribution in [3.05, 3.63) is 57.8 Å². The predicted molar refractivity (Wildman–Crippen MR) is 70.0 cm³/mol. The molecule has 0 aliphatic carbocycles. The summed E-state index contributed by atoms with van der Waals surface area (Å²) in [5.41, 5.74) is -1.49. The van der Waals surface area contributed by atoms with Gasteiger partial charge in [0.1, 0.15) is 11.4 Å². The molecular formula is C13H5BrF5NO2. The average Bonchev–Trinajstić information content (AvgIpc) is 2.50. The van der Waals surface area contributed by atoms with Crippen LogP contribution >= 0.6 is 15.9 Å². The second-order valence-electron chi connectivity index (χ2n) is 3.91. The third kappa shape index (κ3) is 3.19. The fourth-order valence-electron chi connectivity index (χ4n) is 1.45. The standard InChI is InChI=1S/C13H5BrF5NO2/c14-5-1-3-6(4-2-5)22-13(21)20-12-10(18)8(16)7(15)9(17)11(12)19/h1-4H,(H,20,21). The largest absolute Gasteiger partial charge is 0.417 e. The van der Waals surface area contributed by atoms with Gasteiger partial charge in [0.15, 0.2) is 23.3 Å². The number of rotatable bonds is 2. The predicted octanol–water partition coefficient (Wildman–Crippen LogP) is 4.76. The van der Waals surface area contributed by atoms with Crippen LogP contribution in [-0.4, -0.2) is 6.09 Å². The maximum absolute atomic E-state index is 13.4. The van der Waals surface area contributed by atoms with Gasteiger partial charge in [-0.3, -0.25) is 5.32 Å². The zero-order chi connectivity index (χ0) is 16.4. The highest BCUT2D eigenvalue weighted by Crippen LogP contribution is 2.27. The van der Waals surface area contributed by atoms with Crippen LogP contribution in [0.4, 0.5) is 32.4 Å². The van der Waals surface area contributed by atoms with Crippen LogP contribution in [0.5, 0.6) is 5.75 Å². The molecule has 9 heteroatoms. The zero-order valence-electron chi connectivity index (χ0n) is 10.4. The molecule has 0 spiro atoms. The Hall–Kier alpha value is -2.16. The molecule has 0 atom stereocenters. The molecule has 2 aromatic rings. The first-order valence-corrected chi connectivity index (χ1v) is 6.36. The van der Waals surface area contributed by atoms with Crippen molar-refractivity contribution in [2.75, 3.05) is 5.32 Å². The van der Waals surface area contributed by atoms with Crippen molar-refractivity contribution in [2.24, 2.45) is 0 Å². The number of hydrogen-bond acceptors (Lipinski definition) is 2. The molecule has 1 amide bonds. The van der Waals surface area contributed by atoms with Gasteiger partial charge >= 0.3 is 6.09 Å². The Morgan fingerprint density at radius 3 is 1.82 bits per heavy atom. The highest BCUT2D eigenvalue weighted by molar-refractivity contribution is 9.10. The van der Waals surface area contributed by atoms with Crippen molar-refractivity contribution in [3.8, 4) is 5.75 Å². The van der Waals surface area contributed by atoms with Gasteiger partial charge in [0.05, 0.1) is 0 Å². The normalized spacial score (nSPS) is 10.5. The van der Waals surface area contributed by atoms with Gasteiger partial charge in [0, 0.05) is 4.47 Å². The molecule has 2 aromatic carbocycles. The minimum atomic E-state index is -2.32. The summed E-state index contributed by atoms with van der Waals surface area (Å²) in [5, 5.41) is 1.48. The molecule has 3 nitrogen and oxygen atoms in total. The Kier molecular flexibility index (Phi) is 4.65. The topological polar surface area (TPSA) is 38.3 Å². The van der Waals surface area contributed by atoms with Crippen LogP contribution in [0.1, 0.15) is 0 Å². The molecule has 0 heterocycles. The lowest BCUT2D eigenvalue weighted by molar-refractivity contribution is 0.214. The number of amides is 1. The van der Waals surface area contributed by atoms with Crippen LogP contribution in [0.25, 0.3) is 0 Å². The van der Waals surface area contributed by atoms with E-state index in [9.17, 15) is 26.7 Å². The fourth-order valence-corrected chi connectivity index (χ4v) is 1.72. The molecule has 22 heavy (non-hydrogen) atoms. The van der Waals surface area contributed by atoms with E-state index in [0.29, 0.717) is 4.47 Å². The quantitative estimate of drug-likeness (QED) is 0.462. The van der Waals surface area contributed by atoms with Crippen molar-refractivity contribution < 1.29 is 31.5 Å². The van der Waals surface area contributed by atoms with Gasteiger partial charge in [0.2, 0.25) is 5.82 Å². The van der Waals surface area contributed by atoms with Crippen LogP contribution in [0.2, 0.25) is 0 Å². The van der Waals surface area contributed by atoms with E-state index in [1.807, 2.05) is 0 Å². The summed E-state index contributed by atoms with van der Waals surface area (Å²) < 4.78 is 70.8. The Morgan fingerprint density at radius 2 is 1.32 bits per heavy atom. The summed E-state index contributed by atoms with van der Waals surface area (Å²) in [5.74, 6) is -11.0. The maximum atomic E-state index is 13.4. The van der Waals surface area contributed by atoms with Gasteiger partial charge < -0.3 is 4.74 Å². The van der Waals surface area contributed by atoms with Crippen molar-refractivity contribution >= 4 is 27.7 Å². The second-order valence-corrected chi connectivity index (χ2v) is 4.83.